The van der Waals surface area contributed by atoms with Gasteiger partial charge < -0.3 is 5.11 Å². The third-order valence-electron chi connectivity index (χ3n) is 4.84. The average molecular weight is 194 g/mol. The highest BCUT2D eigenvalue weighted by molar-refractivity contribution is 5.77. The van der Waals surface area contributed by atoms with Crippen molar-refractivity contribution < 1.29 is 9.90 Å². The van der Waals surface area contributed by atoms with E-state index >= 15 is 0 Å². The molecule has 0 amide bonds. The fourth-order valence-electron chi connectivity index (χ4n) is 3.78. The van der Waals surface area contributed by atoms with Gasteiger partial charge in [-0.2, -0.15) is 0 Å². The first-order chi connectivity index (χ1) is 6.70. The number of aliphatic carboxylic acids is 1. The molecular formula is C12H18O2. The van der Waals surface area contributed by atoms with Crippen LogP contribution < -0.4 is 0 Å². The molecule has 0 aromatic carbocycles. The van der Waals surface area contributed by atoms with Crippen molar-refractivity contribution in [3.05, 3.63) is 0 Å². The van der Waals surface area contributed by atoms with E-state index in [1.807, 2.05) is 0 Å². The van der Waals surface area contributed by atoms with E-state index in [2.05, 4.69) is 0 Å². The van der Waals surface area contributed by atoms with Crippen LogP contribution in [-0.4, -0.2) is 11.1 Å². The maximum absolute atomic E-state index is 11.1. The summed E-state index contributed by atoms with van der Waals surface area (Å²) in [4.78, 5) is 11.1. The lowest BCUT2D eigenvalue weighted by Crippen LogP contribution is -2.22. The van der Waals surface area contributed by atoms with Gasteiger partial charge in [0.15, 0.2) is 0 Å². The molecule has 2 heteroatoms. The van der Waals surface area contributed by atoms with E-state index < -0.39 is 5.97 Å². The molecule has 2 nitrogen and oxygen atoms in total. The van der Waals surface area contributed by atoms with Gasteiger partial charge in [0.05, 0.1) is 5.41 Å². The molecule has 0 aromatic rings. The van der Waals surface area contributed by atoms with E-state index in [9.17, 15) is 4.79 Å². The Morgan fingerprint density at radius 2 is 2.07 bits per heavy atom. The maximum atomic E-state index is 11.1. The second-order valence-corrected chi connectivity index (χ2v) is 5.72. The zero-order valence-electron chi connectivity index (χ0n) is 8.54. The highest BCUT2D eigenvalue weighted by Gasteiger charge is 2.53. The minimum Gasteiger partial charge on any atom is -0.481 e. The molecule has 0 aliphatic heterocycles. The van der Waals surface area contributed by atoms with Gasteiger partial charge in [0.25, 0.3) is 0 Å². The van der Waals surface area contributed by atoms with Gasteiger partial charge in [-0.1, -0.05) is 6.42 Å². The summed E-state index contributed by atoms with van der Waals surface area (Å²) in [6.45, 7) is 0. The topological polar surface area (TPSA) is 37.3 Å². The van der Waals surface area contributed by atoms with Gasteiger partial charge in [0.1, 0.15) is 0 Å². The summed E-state index contributed by atoms with van der Waals surface area (Å²) < 4.78 is 0. The quantitative estimate of drug-likeness (QED) is 0.750. The van der Waals surface area contributed by atoms with Crippen molar-refractivity contribution in [1.29, 1.82) is 0 Å². The van der Waals surface area contributed by atoms with Crippen molar-refractivity contribution in [3.63, 3.8) is 0 Å². The molecule has 0 spiro atoms. The molecule has 3 rings (SSSR count). The minimum atomic E-state index is -0.528. The summed E-state index contributed by atoms with van der Waals surface area (Å²) in [5.74, 6) is 2.07. The van der Waals surface area contributed by atoms with Gasteiger partial charge in [-0.25, -0.2) is 0 Å². The second kappa shape index (κ2) is 2.74. The van der Waals surface area contributed by atoms with Crippen molar-refractivity contribution in [2.24, 2.45) is 23.2 Å². The first kappa shape index (κ1) is 8.75. The zero-order chi connectivity index (χ0) is 9.76. The van der Waals surface area contributed by atoms with E-state index in [-0.39, 0.29) is 5.41 Å². The average Bonchev–Trinajstić information content (AvgIpc) is 2.66. The highest BCUT2D eigenvalue weighted by Crippen LogP contribution is 2.58. The number of carboxylic acids is 1. The van der Waals surface area contributed by atoms with Crippen LogP contribution in [0.5, 0.6) is 0 Å². The summed E-state index contributed by atoms with van der Waals surface area (Å²) >= 11 is 0. The molecule has 14 heavy (non-hydrogen) atoms. The van der Waals surface area contributed by atoms with Gasteiger partial charge in [-0.15, -0.1) is 0 Å². The fraction of sp³-hybridized carbons (Fsp3) is 0.917. The molecular weight excluding hydrogens is 176 g/mol. The van der Waals surface area contributed by atoms with Crippen LogP contribution in [0.1, 0.15) is 44.9 Å². The van der Waals surface area contributed by atoms with Crippen molar-refractivity contribution in [1.82, 2.24) is 0 Å². The highest BCUT2D eigenvalue weighted by atomic mass is 16.4. The first-order valence-electron chi connectivity index (χ1n) is 5.93. The Hall–Kier alpha value is -0.530. The molecule has 0 saturated heterocycles. The van der Waals surface area contributed by atoms with Gasteiger partial charge in [0, 0.05) is 0 Å². The van der Waals surface area contributed by atoms with E-state index in [1.54, 1.807) is 0 Å². The number of hydrogen-bond donors (Lipinski definition) is 1. The standard InChI is InChI=1S/C12H18O2/c13-11(14)12(3-4-12)7-10-6-8-1-2-9(10)5-8/h8-10H,1-7H2,(H,13,14). The smallest absolute Gasteiger partial charge is 0.309 e. The van der Waals surface area contributed by atoms with Crippen LogP contribution in [0.15, 0.2) is 0 Å². The molecule has 78 valence electrons. The molecule has 3 atom stereocenters. The molecule has 3 unspecified atom stereocenters. The Morgan fingerprint density at radius 3 is 2.50 bits per heavy atom. The summed E-state index contributed by atoms with van der Waals surface area (Å²) in [6, 6.07) is 0. The summed E-state index contributed by atoms with van der Waals surface area (Å²) in [6.07, 6.45) is 8.41. The van der Waals surface area contributed by atoms with Crippen molar-refractivity contribution >= 4 is 5.97 Å². The summed E-state index contributed by atoms with van der Waals surface area (Å²) in [5.41, 5.74) is -0.269. The van der Waals surface area contributed by atoms with Crippen LogP contribution in [0.25, 0.3) is 0 Å². The van der Waals surface area contributed by atoms with Gasteiger partial charge in [-0.3, -0.25) is 4.79 Å². The number of fused-ring (bicyclic) bond motifs is 2. The maximum Gasteiger partial charge on any atom is 0.309 e. The number of carboxylic acid groups (broad SMARTS) is 1. The monoisotopic (exact) mass is 194 g/mol. The van der Waals surface area contributed by atoms with Gasteiger partial charge in [-0.05, 0) is 56.3 Å². The third-order valence-corrected chi connectivity index (χ3v) is 4.84. The lowest BCUT2D eigenvalue weighted by Gasteiger charge is -2.24. The van der Waals surface area contributed by atoms with Crippen LogP contribution in [0.4, 0.5) is 0 Å². The van der Waals surface area contributed by atoms with Crippen molar-refractivity contribution in [3.8, 4) is 0 Å². The SMILES string of the molecule is O=C(O)C1(CC2CC3CCC2C3)CC1. The molecule has 2 bridgehead atoms. The van der Waals surface area contributed by atoms with E-state index in [0.29, 0.717) is 0 Å². The van der Waals surface area contributed by atoms with Crippen LogP contribution in [0.2, 0.25) is 0 Å². The van der Waals surface area contributed by atoms with Gasteiger partial charge in [0.2, 0.25) is 0 Å². The van der Waals surface area contributed by atoms with Crippen LogP contribution >= 0.6 is 0 Å². The Bertz CT molecular complexity index is 267. The van der Waals surface area contributed by atoms with E-state index in [1.165, 1.54) is 25.7 Å². The Kier molecular flexibility index (Phi) is 1.71. The summed E-state index contributed by atoms with van der Waals surface area (Å²) in [7, 11) is 0. The van der Waals surface area contributed by atoms with Crippen LogP contribution in [0.3, 0.4) is 0 Å². The van der Waals surface area contributed by atoms with Crippen molar-refractivity contribution in [2.75, 3.05) is 0 Å². The molecule has 3 aliphatic rings. The van der Waals surface area contributed by atoms with E-state index in [0.717, 1.165) is 37.0 Å². The Balaban J connectivity index is 1.66. The largest absolute Gasteiger partial charge is 0.481 e. The predicted molar refractivity (Wildman–Crippen MR) is 52.9 cm³/mol. The zero-order valence-corrected chi connectivity index (χ0v) is 8.54. The predicted octanol–water partition coefficient (Wildman–Crippen LogP) is 2.68. The number of carbonyl (C=O) groups is 1. The Labute approximate surface area is 84.7 Å². The van der Waals surface area contributed by atoms with Crippen LogP contribution in [0, 0.1) is 23.2 Å². The number of rotatable bonds is 3. The van der Waals surface area contributed by atoms with Crippen molar-refractivity contribution in [2.45, 2.75) is 44.9 Å². The molecule has 0 aromatic heterocycles. The molecule has 0 radical (unpaired) electrons. The molecule has 3 aliphatic carbocycles. The molecule has 3 saturated carbocycles. The van der Waals surface area contributed by atoms with Gasteiger partial charge >= 0.3 is 5.97 Å². The number of hydrogen-bond acceptors (Lipinski definition) is 1. The van der Waals surface area contributed by atoms with Crippen LogP contribution in [-0.2, 0) is 4.79 Å². The molecule has 3 fully saturated rings. The summed E-state index contributed by atoms with van der Waals surface area (Å²) in [5, 5.41) is 9.13. The molecule has 0 heterocycles. The molecule has 1 N–H and O–H groups in total. The third kappa shape index (κ3) is 1.19. The lowest BCUT2D eigenvalue weighted by molar-refractivity contribution is -0.144. The van der Waals surface area contributed by atoms with E-state index in [4.69, 9.17) is 5.11 Å². The fourth-order valence-corrected chi connectivity index (χ4v) is 3.78. The Morgan fingerprint density at radius 1 is 1.29 bits per heavy atom. The minimum absolute atomic E-state index is 0.269. The first-order valence-corrected chi connectivity index (χ1v) is 5.93. The lowest BCUT2D eigenvalue weighted by atomic mass is 9.81. The second-order valence-electron chi connectivity index (χ2n) is 5.72. The normalized spacial score (nSPS) is 42.7.